The highest BCUT2D eigenvalue weighted by Crippen LogP contribution is 2.26. The first-order chi connectivity index (χ1) is 8.83. The van der Waals surface area contributed by atoms with Crippen molar-refractivity contribution in [3.05, 3.63) is 29.3 Å². The van der Waals surface area contributed by atoms with Gasteiger partial charge in [0.15, 0.2) is 0 Å². The molecule has 0 bridgehead atoms. The second-order valence-electron chi connectivity index (χ2n) is 5.77. The van der Waals surface area contributed by atoms with Gasteiger partial charge in [0.05, 0.1) is 0 Å². The van der Waals surface area contributed by atoms with E-state index in [2.05, 4.69) is 23.6 Å². The first-order valence-electron chi connectivity index (χ1n) is 6.38. The van der Waals surface area contributed by atoms with Gasteiger partial charge in [-0.15, -0.1) is 0 Å². The molecule has 1 heterocycles. The van der Waals surface area contributed by atoms with Crippen LogP contribution in [0.15, 0.2) is 23.8 Å². The molecule has 1 aromatic rings. The lowest BCUT2D eigenvalue weighted by molar-refractivity contribution is 0.0636. The number of nitrogens with one attached hydrogen (secondary N) is 2. The maximum Gasteiger partial charge on any atom is 0.412 e. The van der Waals surface area contributed by atoms with Gasteiger partial charge in [-0.3, -0.25) is 5.32 Å². The molecule has 102 valence electrons. The van der Waals surface area contributed by atoms with Crippen LogP contribution in [0, 0.1) is 0 Å². The zero-order valence-electron chi connectivity index (χ0n) is 11.8. The number of anilines is 2. The van der Waals surface area contributed by atoms with Crippen LogP contribution in [0.5, 0.6) is 0 Å². The number of carbonyl (C=O) groups is 1. The predicted octanol–water partition coefficient (Wildman–Crippen LogP) is 3.86. The Bertz CT molecular complexity index is 527. The van der Waals surface area contributed by atoms with Crippen molar-refractivity contribution in [2.45, 2.75) is 33.3 Å². The molecule has 1 aromatic carbocycles. The molecule has 0 atom stereocenters. The van der Waals surface area contributed by atoms with Crippen molar-refractivity contribution in [1.29, 1.82) is 0 Å². The maximum atomic E-state index is 11.7. The fourth-order valence-corrected chi connectivity index (χ4v) is 1.89. The van der Waals surface area contributed by atoms with Crippen molar-refractivity contribution in [2.24, 2.45) is 0 Å². The SMILES string of the molecule is CC1=Cc2cc(NC(=O)OC(C)(C)C)ccc2NC1. The van der Waals surface area contributed by atoms with Crippen molar-refractivity contribution >= 4 is 23.5 Å². The summed E-state index contributed by atoms with van der Waals surface area (Å²) in [6.45, 7) is 8.47. The molecule has 2 N–H and O–H groups in total. The molecule has 2 rings (SSSR count). The van der Waals surface area contributed by atoms with Gasteiger partial charge < -0.3 is 10.1 Å². The summed E-state index contributed by atoms with van der Waals surface area (Å²) in [6, 6.07) is 5.77. The lowest BCUT2D eigenvalue weighted by Gasteiger charge is -2.21. The summed E-state index contributed by atoms with van der Waals surface area (Å²) in [5, 5.41) is 6.06. The highest BCUT2D eigenvalue weighted by atomic mass is 16.6. The maximum absolute atomic E-state index is 11.7. The minimum Gasteiger partial charge on any atom is -0.444 e. The Hall–Kier alpha value is -1.97. The number of ether oxygens (including phenoxy) is 1. The Morgan fingerprint density at radius 2 is 2.11 bits per heavy atom. The van der Waals surface area contributed by atoms with E-state index < -0.39 is 11.7 Å². The van der Waals surface area contributed by atoms with Crippen LogP contribution in [-0.2, 0) is 4.74 Å². The van der Waals surface area contributed by atoms with E-state index in [9.17, 15) is 4.79 Å². The summed E-state index contributed by atoms with van der Waals surface area (Å²) in [4.78, 5) is 11.7. The number of hydrogen-bond donors (Lipinski definition) is 2. The molecule has 0 unspecified atom stereocenters. The van der Waals surface area contributed by atoms with E-state index in [0.29, 0.717) is 0 Å². The van der Waals surface area contributed by atoms with E-state index in [1.165, 1.54) is 5.57 Å². The van der Waals surface area contributed by atoms with Gasteiger partial charge in [0, 0.05) is 17.9 Å². The Labute approximate surface area is 113 Å². The molecule has 0 spiro atoms. The first kappa shape index (κ1) is 13.5. The van der Waals surface area contributed by atoms with Gasteiger partial charge in [0.1, 0.15) is 5.60 Å². The van der Waals surface area contributed by atoms with Gasteiger partial charge in [-0.1, -0.05) is 11.6 Å². The second-order valence-corrected chi connectivity index (χ2v) is 5.77. The van der Waals surface area contributed by atoms with Crippen LogP contribution in [0.3, 0.4) is 0 Å². The molecular weight excluding hydrogens is 240 g/mol. The van der Waals surface area contributed by atoms with Crippen molar-refractivity contribution in [2.75, 3.05) is 17.2 Å². The summed E-state index contributed by atoms with van der Waals surface area (Å²) >= 11 is 0. The van der Waals surface area contributed by atoms with Crippen LogP contribution in [0.1, 0.15) is 33.3 Å². The van der Waals surface area contributed by atoms with E-state index >= 15 is 0 Å². The number of benzene rings is 1. The topological polar surface area (TPSA) is 50.4 Å². The van der Waals surface area contributed by atoms with Gasteiger partial charge in [-0.25, -0.2) is 4.79 Å². The third-order valence-electron chi connectivity index (χ3n) is 2.66. The van der Waals surface area contributed by atoms with E-state index in [1.54, 1.807) is 0 Å². The van der Waals surface area contributed by atoms with Gasteiger partial charge in [-0.2, -0.15) is 0 Å². The number of hydrogen-bond acceptors (Lipinski definition) is 3. The zero-order valence-corrected chi connectivity index (χ0v) is 11.8. The molecule has 1 aliphatic rings. The summed E-state index contributed by atoms with van der Waals surface area (Å²) in [7, 11) is 0. The highest BCUT2D eigenvalue weighted by Gasteiger charge is 2.16. The van der Waals surface area contributed by atoms with E-state index in [0.717, 1.165) is 23.5 Å². The van der Waals surface area contributed by atoms with E-state index in [-0.39, 0.29) is 0 Å². The van der Waals surface area contributed by atoms with Crippen LogP contribution in [-0.4, -0.2) is 18.2 Å². The number of fused-ring (bicyclic) bond motifs is 1. The Morgan fingerprint density at radius 1 is 1.37 bits per heavy atom. The standard InChI is InChI=1S/C15H20N2O2/c1-10-7-11-8-12(5-6-13(11)16-9-10)17-14(18)19-15(2,3)4/h5-8,16H,9H2,1-4H3,(H,17,18). The van der Waals surface area contributed by atoms with Crippen LogP contribution < -0.4 is 10.6 Å². The molecule has 0 saturated heterocycles. The molecule has 0 fully saturated rings. The third kappa shape index (κ3) is 3.74. The van der Waals surface area contributed by atoms with Gasteiger partial charge >= 0.3 is 6.09 Å². The minimum absolute atomic E-state index is 0.433. The normalized spacial score (nSPS) is 14.0. The molecule has 19 heavy (non-hydrogen) atoms. The van der Waals surface area contributed by atoms with Gasteiger partial charge in [0.2, 0.25) is 0 Å². The molecule has 1 amide bonds. The molecule has 4 nitrogen and oxygen atoms in total. The molecule has 0 saturated carbocycles. The van der Waals surface area contributed by atoms with Gasteiger partial charge in [-0.05, 0) is 51.5 Å². The smallest absolute Gasteiger partial charge is 0.412 e. The molecule has 1 aliphatic heterocycles. The van der Waals surface area contributed by atoms with Crippen LogP contribution >= 0.6 is 0 Å². The highest BCUT2D eigenvalue weighted by molar-refractivity contribution is 5.87. The molecular formula is C15H20N2O2. The quantitative estimate of drug-likeness (QED) is 0.806. The number of carbonyl (C=O) groups excluding carboxylic acids is 1. The average molecular weight is 260 g/mol. The largest absolute Gasteiger partial charge is 0.444 e. The first-order valence-corrected chi connectivity index (χ1v) is 6.38. The fraction of sp³-hybridized carbons (Fsp3) is 0.400. The fourth-order valence-electron chi connectivity index (χ4n) is 1.89. The molecule has 0 aromatic heterocycles. The lowest BCUT2D eigenvalue weighted by Crippen LogP contribution is -2.27. The molecule has 0 aliphatic carbocycles. The summed E-state index contributed by atoms with van der Waals surface area (Å²) in [6.07, 6.45) is 1.68. The zero-order chi connectivity index (χ0) is 14.0. The van der Waals surface area contributed by atoms with Crippen molar-refractivity contribution in [3.63, 3.8) is 0 Å². The predicted molar refractivity (Wildman–Crippen MR) is 78.4 cm³/mol. The monoisotopic (exact) mass is 260 g/mol. The number of rotatable bonds is 1. The summed E-state index contributed by atoms with van der Waals surface area (Å²) in [5.74, 6) is 0. The lowest BCUT2D eigenvalue weighted by atomic mass is 10.0. The molecule has 0 radical (unpaired) electrons. The minimum atomic E-state index is -0.490. The van der Waals surface area contributed by atoms with E-state index in [4.69, 9.17) is 4.74 Å². The van der Waals surface area contributed by atoms with Crippen molar-refractivity contribution < 1.29 is 9.53 Å². The Kier molecular flexibility index (Phi) is 3.51. The Balaban J connectivity index is 2.11. The van der Waals surface area contributed by atoms with Crippen molar-refractivity contribution in [1.82, 2.24) is 0 Å². The van der Waals surface area contributed by atoms with Crippen LogP contribution in [0.4, 0.5) is 16.2 Å². The average Bonchev–Trinajstić information content (AvgIpc) is 2.25. The van der Waals surface area contributed by atoms with Gasteiger partial charge in [0.25, 0.3) is 0 Å². The summed E-state index contributed by atoms with van der Waals surface area (Å²) < 4.78 is 5.23. The van der Waals surface area contributed by atoms with E-state index in [1.807, 2.05) is 39.0 Å². The third-order valence-corrected chi connectivity index (χ3v) is 2.66. The van der Waals surface area contributed by atoms with Crippen molar-refractivity contribution in [3.8, 4) is 0 Å². The number of amides is 1. The van der Waals surface area contributed by atoms with Crippen LogP contribution in [0.25, 0.3) is 6.08 Å². The Morgan fingerprint density at radius 3 is 2.79 bits per heavy atom. The van der Waals surface area contributed by atoms with Crippen LogP contribution in [0.2, 0.25) is 0 Å². The molecule has 4 heteroatoms. The second kappa shape index (κ2) is 4.96. The summed E-state index contributed by atoms with van der Waals surface area (Å²) in [5.41, 5.74) is 3.68.